The highest BCUT2D eigenvalue weighted by atomic mass is 35.5. The van der Waals surface area contributed by atoms with Crippen LogP contribution in [0, 0.1) is 0 Å². The van der Waals surface area contributed by atoms with Crippen molar-refractivity contribution in [1.82, 2.24) is 9.88 Å². The Morgan fingerprint density at radius 3 is 2.60 bits per heavy atom. The lowest BCUT2D eigenvalue weighted by Crippen LogP contribution is -2.29. The number of hydrogen-bond acceptors (Lipinski definition) is 4. The van der Waals surface area contributed by atoms with Gasteiger partial charge in [0.1, 0.15) is 5.01 Å². The summed E-state index contributed by atoms with van der Waals surface area (Å²) in [4.78, 5) is 20.3. The predicted octanol–water partition coefficient (Wildman–Crippen LogP) is 3.91. The van der Waals surface area contributed by atoms with Crippen molar-refractivity contribution in [1.29, 1.82) is 0 Å². The minimum Gasteiger partial charge on any atom is -0.339 e. The molecule has 1 aliphatic carbocycles. The summed E-state index contributed by atoms with van der Waals surface area (Å²) < 4.78 is 0. The Balaban J connectivity index is 0.00000156. The zero-order chi connectivity index (χ0) is 16.2. The fraction of sp³-hybridized carbons (Fsp3) is 0.444. The zero-order valence-corrected chi connectivity index (χ0v) is 16.8. The first-order valence-corrected chi connectivity index (χ1v) is 8.97. The molecule has 2 aromatic rings. The van der Waals surface area contributed by atoms with Crippen LogP contribution in [-0.2, 0) is 24.2 Å². The summed E-state index contributed by atoms with van der Waals surface area (Å²) in [6.45, 7) is 0.581. The van der Waals surface area contributed by atoms with Crippen LogP contribution in [0.25, 0.3) is 0 Å². The molecule has 1 aromatic heterocycles. The van der Waals surface area contributed by atoms with Gasteiger partial charge in [0, 0.05) is 24.4 Å². The van der Waals surface area contributed by atoms with Gasteiger partial charge in [-0.2, -0.15) is 0 Å². The minimum atomic E-state index is -0.254. The number of hydrogen-bond donors (Lipinski definition) is 1. The molecule has 1 aromatic carbocycles. The topological polar surface area (TPSA) is 59.2 Å². The fourth-order valence-electron chi connectivity index (χ4n) is 2.93. The van der Waals surface area contributed by atoms with E-state index in [1.54, 1.807) is 16.2 Å². The lowest BCUT2D eigenvalue weighted by Gasteiger charge is -2.18. The van der Waals surface area contributed by atoms with Crippen LogP contribution in [0.1, 0.15) is 46.4 Å². The Kier molecular flexibility index (Phi) is 8.86. The van der Waals surface area contributed by atoms with E-state index in [0.29, 0.717) is 13.0 Å². The van der Waals surface area contributed by atoms with E-state index >= 15 is 0 Å². The van der Waals surface area contributed by atoms with Crippen molar-refractivity contribution in [2.24, 2.45) is 5.73 Å². The van der Waals surface area contributed by atoms with Gasteiger partial charge in [0.05, 0.1) is 12.2 Å². The molecule has 0 bridgehead atoms. The molecule has 0 fully saturated rings. The number of fused-ring (bicyclic) bond motifs is 1. The third-order valence-electron chi connectivity index (χ3n) is 4.31. The van der Waals surface area contributed by atoms with Crippen LogP contribution in [-0.4, -0.2) is 22.8 Å². The molecule has 2 N–H and O–H groups in total. The Labute approximate surface area is 165 Å². The van der Waals surface area contributed by atoms with Gasteiger partial charge in [0.15, 0.2) is 0 Å². The molecular weight excluding hydrogens is 377 g/mol. The van der Waals surface area contributed by atoms with E-state index in [4.69, 9.17) is 10.7 Å². The summed E-state index contributed by atoms with van der Waals surface area (Å²) >= 11 is 1.76. The number of carbonyl (C=O) groups is 1. The Bertz CT molecular complexity index is 655. The summed E-state index contributed by atoms with van der Waals surface area (Å²) in [5.41, 5.74) is 8.39. The molecule has 0 spiro atoms. The van der Waals surface area contributed by atoms with Crippen molar-refractivity contribution >= 4 is 42.1 Å². The van der Waals surface area contributed by atoms with Crippen LogP contribution < -0.4 is 5.73 Å². The molecule has 1 aliphatic rings. The summed E-state index contributed by atoms with van der Waals surface area (Å²) in [5, 5.41) is 1.04. The van der Waals surface area contributed by atoms with Gasteiger partial charge in [0.2, 0.25) is 5.91 Å². The number of benzene rings is 1. The standard InChI is InChI=1S/C18H23N3OS.2ClH/c1-21(12-17-20-15-9-5-6-10-16(15)23-17)18(22)11-14(19)13-7-3-2-4-8-13;;/h2-4,7-8,14H,5-6,9-12,19H2,1H3;2*1H. The van der Waals surface area contributed by atoms with Crippen molar-refractivity contribution < 1.29 is 4.79 Å². The average molecular weight is 402 g/mol. The monoisotopic (exact) mass is 401 g/mol. The molecule has 4 nitrogen and oxygen atoms in total. The number of carbonyl (C=O) groups excluding carboxylic acids is 1. The minimum absolute atomic E-state index is 0. The number of amides is 1. The van der Waals surface area contributed by atoms with Gasteiger partial charge in [-0.15, -0.1) is 36.2 Å². The normalized spacial score (nSPS) is 13.8. The Hall–Kier alpha value is -1.14. The van der Waals surface area contributed by atoms with Crippen molar-refractivity contribution in [3.8, 4) is 0 Å². The first kappa shape index (κ1) is 21.9. The molecule has 0 saturated carbocycles. The third-order valence-corrected chi connectivity index (χ3v) is 5.45. The number of nitrogens with two attached hydrogens (primary N) is 1. The number of aryl methyl sites for hydroxylation is 2. The van der Waals surface area contributed by atoms with Crippen LogP contribution in [0.4, 0.5) is 0 Å². The number of halogens is 2. The van der Waals surface area contributed by atoms with Crippen molar-refractivity contribution in [3.63, 3.8) is 0 Å². The molecular formula is C18H25Cl2N3OS. The van der Waals surface area contributed by atoms with Gasteiger partial charge in [-0.25, -0.2) is 4.98 Å². The number of thiazole rings is 1. The smallest absolute Gasteiger partial charge is 0.224 e. The molecule has 0 saturated heterocycles. The highest BCUT2D eigenvalue weighted by Gasteiger charge is 2.19. The molecule has 0 aliphatic heterocycles. The van der Waals surface area contributed by atoms with Crippen LogP contribution in [0.3, 0.4) is 0 Å². The van der Waals surface area contributed by atoms with Crippen LogP contribution in [0.15, 0.2) is 30.3 Å². The van der Waals surface area contributed by atoms with E-state index in [1.807, 2.05) is 37.4 Å². The second kappa shape index (κ2) is 10.1. The Morgan fingerprint density at radius 2 is 1.92 bits per heavy atom. The molecule has 3 rings (SSSR count). The first-order valence-electron chi connectivity index (χ1n) is 8.15. The van der Waals surface area contributed by atoms with E-state index < -0.39 is 0 Å². The molecule has 138 valence electrons. The average Bonchev–Trinajstić information content (AvgIpc) is 2.97. The lowest BCUT2D eigenvalue weighted by atomic mass is 10.0. The second-order valence-corrected chi connectivity index (χ2v) is 7.32. The van der Waals surface area contributed by atoms with E-state index in [2.05, 4.69) is 0 Å². The Morgan fingerprint density at radius 1 is 1.24 bits per heavy atom. The first-order chi connectivity index (χ1) is 11.1. The second-order valence-electron chi connectivity index (χ2n) is 6.16. The van der Waals surface area contributed by atoms with Gasteiger partial charge < -0.3 is 10.6 Å². The van der Waals surface area contributed by atoms with Gasteiger partial charge in [-0.3, -0.25) is 4.79 Å². The summed E-state index contributed by atoms with van der Waals surface area (Å²) in [5.74, 6) is 0.0644. The summed E-state index contributed by atoms with van der Waals surface area (Å²) in [6, 6.07) is 9.52. The van der Waals surface area contributed by atoms with Crippen molar-refractivity contribution in [2.75, 3.05) is 7.05 Å². The maximum atomic E-state index is 12.4. The van der Waals surface area contributed by atoms with Crippen LogP contribution in [0.2, 0.25) is 0 Å². The largest absolute Gasteiger partial charge is 0.339 e. The van der Waals surface area contributed by atoms with Crippen LogP contribution >= 0.6 is 36.2 Å². The van der Waals surface area contributed by atoms with Crippen LogP contribution in [0.5, 0.6) is 0 Å². The highest BCUT2D eigenvalue weighted by molar-refractivity contribution is 7.11. The fourth-order valence-corrected chi connectivity index (χ4v) is 4.14. The third kappa shape index (κ3) is 5.68. The van der Waals surface area contributed by atoms with E-state index in [9.17, 15) is 4.79 Å². The number of nitrogens with zero attached hydrogens (tertiary/aromatic N) is 2. The zero-order valence-electron chi connectivity index (χ0n) is 14.3. The van der Waals surface area contributed by atoms with Gasteiger partial charge >= 0.3 is 0 Å². The SMILES string of the molecule is CN(Cc1nc2c(s1)CCCC2)C(=O)CC(N)c1ccccc1.Cl.Cl. The lowest BCUT2D eigenvalue weighted by molar-refractivity contribution is -0.130. The molecule has 1 heterocycles. The quantitative estimate of drug-likeness (QED) is 0.825. The van der Waals surface area contributed by atoms with E-state index in [-0.39, 0.29) is 36.8 Å². The van der Waals surface area contributed by atoms with Crippen molar-refractivity contribution in [2.45, 2.75) is 44.7 Å². The highest BCUT2D eigenvalue weighted by Crippen LogP contribution is 2.27. The number of rotatable bonds is 5. The van der Waals surface area contributed by atoms with E-state index in [0.717, 1.165) is 23.4 Å². The van der Waals surface area contributed by atoms with Crippen molar-refractivity contribution in [3.05, 3.63) is 51.5 Å². The van der Waals surface area contributed by atoms with Gasteiger partial charge in [-0.1, -0.05) is 30.3 Å². The summed E-state index contributed by atoms with van der Waals surface area (Å²) in [6.07, 6.45) is 5.05. The molecule has 1 atom stereocenters. The van der Waals surface area contributed by atoms with Gasteiger partial charge in [0.25, 0.3) is 0 Å². The van der Waals surface area contributed by atoms with Gasteiger partial charge in [-0.05, 0) is 31.2 Å². The maximum Gasteiger partial charge on any atom is 0.224 e. The summed E-state index contributed by atoms with van der Waals surface area (Å²) in [7, 11) is 1.83. The van der Waals surface area contributed by atoms with E-state index in [1.165, 1.54) is 23.4 Å². The molecule has 0 radical (unpaired) electrons. The molecule has 1 unspecified atom stereocenters. The molecule has 25 heavy (non-hydrogen) atoms. The predicted molar refractivity (Wildman–Crippen MR) is 108 cm³/mol. The maximum absolute atomic E-state index is 12.4. The molecule has 1 amide bonds. The number of aromatic nitrogens is 1. The molecule has 7 heteroatoms.